The van der Waals surface area contributed by atoms with Gasteiger partial charge in [-0.2, -0.15) is 0 Å². The lowest BCUT2D eigenvalue weighted by atomic mass is 10.1. The van der Waals surface area contributed by atoms with Crippen LogP contribution in [0.25, 0.3) is 10.2 Å². The van der Waals surface area contributed by atoms with E-state index in [1.54, 1.807) is 11.3 Å². The summed E-state index contributed by atoms with van der Waals surface area (Å²) in [6.45, 7) is 3.62. The minimum absolute atomic E-state index is 0.147. The van der Waals surface area contributed by atoms with Crippen LogP contribution in [0, 0.1) is 12.8 Å². The third-order valence-electron chi connectivity index (χ3n) is 5.30. The largest absolute Gasteiger partial charge is 0.354 e. The highest BCUT2D eigenvalue weighted by Crippen LogP contribution is 2.35. The molecule has 6 heteroatoms. The monoisotopic (exact) mass is 401 g/mol. The molecule has 4 rings (SSSR count). The minimum atomic E-state index is 0.147. The number of nitrogens with zero attached hydrogens (tertiary/aromatic N) is 3. The molecule has 0 N–H and O–H groups in total. The summed E-state index contributed by atoms with van der Waals surface area (Å²) < 4.78 is 3.20. The summed E-state index contributed by atoms with van der Waals surface area (Å²) in [6, 6.07) is 7.94. The molecule has 27 heavy (non-hydrogen) atoms. The van der Waals surface area contributed by atoms with Gasteiger partial charge in [-0.25, -0.2) is 4.98 Å². The van der Waals surface area contributed by atoms with Gasteiger partial charge in [0.2, 0.25) is 5.91 Å². The first-order valence-corrected chi connectivity index (χ1v) is 10.8. The average Bonchev–Trinajstić information content (AvgIpc) is 3.38. The smallest absolute Gasteiger partial charge is 0.231 e. The first kappa shape index (κ1) is 18.5. The first-order valence-electron chi connectivity index (χ1n) is 9.60. The SMILES string of the molecule is Cc1cc(Cl)cc2sc(N(CCCn3cccc3)C(=O)C3CCCC3)nc12. The number of aryl methyl sites for hydroxylation is 2. The van der Waals surface area contributed by atoms with E-state index >= 15 is 0 Å². The van der Waals surface area contributed by atoms with Gasteiger partial charge in [0, 0.05) is 36.4 Å². The highest BCUT2D eigenvalue weighted by Gasteiger charge is 2.29. The Bertz CT molecular complexity index is 928. The van der Waals surface area contributed by atoms with Gasteiger partial charge < -0.3 is 4.57 Å². The Balaban J connectivity index is 1.60. The predicted molar refractivity (Wildman–Crippen MR) is 113 cm³/mol. The molecule has 0 saturated heterocycles. The zero-order valence-electron chi connectivity index (χ0n) is 15.5. The highest BCUT2D eigenvalue weighted by atomic mass is 35.5. The average molecular weight is 402 g/mol. The number of carbonyl (C=O) groups excluding carboxylic acids is 1. The molecule has 0 atom stereocenters. The lowest BCUT2D eigenvalue weighted by Gasteiger charge is -2.23. The van der Waals surface area contributed by atoms with E-state index in [1.807, 2.05) is 36.1 Å². The molecule has 1 aliphatic rings. The van der Waals surface area contributed by atoms with Crippen LogP contribution in [0.3, 0.4) is 0 Å². The van der Waals surface area contributed by atoms with Crippen molar-refractivity contribution in [1.29, 1.82) is 0 Å². The standard InChI is InChI=1S/C21H24ClN3OS/c1-15-13-17(22)14-18-19(15)23-21(27-18)25(20(26)16-7-2-3-8-16)12-6-11-24-9-4-5-10-24/h4-5,9-10,13-14,16H,2-3,6-8,11-12H2,1H3. The van der Waals surface area contributed by atoms with Gasteiger partial charge >= 0.3 is 0 Å². The molecule has 1 aliphatic carbocycles. The van der Waals surface area contributed by atoms with Crippen LogP contribution < -0.4 is 4.90 Å². The van der Waals surface area contributed by atoms with Crippen molar-refractivity contribution in [3.05, 3.63) is 47.2 Å². The summed E-state index contributed by atoms with van der Waals surface area (Å²) in [4.78, 5) is 20.0. The minimum Gasteiger partial charge on any atom is -0.354 e. The van der Waals surface area contributed by atoms with Gasteiger partial charge in [0.15, 0.2) is 5.13 Å². The lowest BCUT2D eigenvalue weighted by molar-refractivity contribution is -0.122. The van der Waals surface area contributed by atoms with Crippen LogP contribution in [-0.2, 0) is 11.3 Å². The van der Waals surface area contributed by atoms with Crippen molar-refractivity contribution in [1.82, 2.24) is 9.55 Å². The molecule has 1 amide bonds. The quantitative estimate of drug-likeness (QED) is 0.533. The van der Waals surface area contributed by atoms with Crippen molar-refractivity contribution in [2.45, 2.75) is 45.6 Å². The summed E-state index contributed by atoms with van der Waals surface area (Å²) in [5, 5.41) is 1.52. The van der Waals surface area contributed by atoms with Crippen LogP contribution in [0.2, 0.25) is 5.02 Å². The second-order valence-corrected chi connectivity index (χ2v) is 8.76. The van der Waals surface area contributed by atoms with E-state index in [-0.39, 0.29) is 11.8 Å². The third-order valence-corrected chi connectivity index (χ3v) is 6.55. The van der Waals surface area contributed by atoms with Gasteiger partial charge in [-0.1, -0.05) is 35.8 Å². The Labute approximate surface area is 168 Å². The highest BCUT2D eigenvalue weighted by molar-refractivity contribution is 7.22. The molecule has 142 valence electrons. The summed E-state index contributed by atoms with van der Waals surface area (Å²) in [7, 11) is 0. The van der Waals surface area contributed by atoms with Crippen LogP contribution in [0.4, 0.5) is 5.13 Å². The molecule has 2 aromatic heterocycles. The number of halogens is 1. The van der Waals surface area contributed by atoms with Crippen molar-refractivity contribution in [2.24, 2.45) is 5.92 Å². The number of aromatic nitrogens is 2. The van der Waals surface area contributed by atoms with Crippen LogP contribution in [0.15, 0.2) is 36.7 Å². The third kappa shape index (κ3) is 4.04. The van der Waals surface area contributed by atoms with Gasteiger partial charge in [0.05, 0.1) is 10.2 Å². The van der Waals surface area contributed by atoms with Crippen LogP contribution >= 0.6 is 22.9 Å². The Kier molecular flexibility index (Phi) is 5.50. The molecule has 3 aromatic rings. The fraction of sp³-hybridized carbons (Fsp3) is 0.429. The molecule has 0 bridgehead atoms. The molecule has 1 fully saturated rings. The Morgan fingerprint density at radius 2 is 2.04 bits per heavy atom. The fourth-order valence-electron chi connectivity index (χ4n) is 3.88. The summed E-state index contributed by atoms with van der Waals surface area (Å²) in [6.07, 6.45) is 9.34. The van der Waals surface area contributed by atoms with Gasteiger partial charge in [0.25, 0.3) is 0 Å². The number of fused-ring (bicyclic) bond motifs is 1. The molecular formula is C21H24ClN3OS. The van der Waals surface area contributed by atoms with Gasteiger partial charge in [-0.15, -0.1) is 0 Å². The van der Waals surface area contributed by atoms with Crippen LogP contribution in [-0.4, -0.2) is 22.0 Å². The number of rotatable bonds is 6. The summed E-state index contributed by atoms with van der Waals surface area (Å²) in [5.41, 5.74) is 2.01. The molecule has 0 aliphatic heterocycles. The van der Waals surface area contributed by atoms with E-state index < -0.39 is 0 Å². The molecule has 0 unspecified atom stereocenters. The number of carbonyl (C=O) groups is 1. The topological polar surface area (TPSA) is 38.1 Å². The van der Waals surface area contributed by atoms with Crippen molar-refractivity contribution in [3.63, 3.8) is 0 Å². The lowest BCUT2D eigenvalue weighted by Crippen LogP contribution is -2.36. The van der Waals surface area contributed by atoms with E-state index in [2.05, 4.69) is 17.0 Å². The van der Waals surface area contributed by atoms with Crippen LogP contribution in [0.1, 0.15) is 37.7 Å². The summed E-state index contributed by atoms with van der Waals surface area (Å²) in [5.74, 6) is 0.385. The van der Waals surface area contributed by atoms with Gasteiger partial charge in [-0.05, 0) is 56.0 Å². The van der Waals surface area contributed by atoms with E-state index in [4.69, 9.17) is 16.6 Å². The molecule has 1 aromatic carbocycles. The summed E-state index contributed by atoms with van der Waals surface area (Å²) >= 11 is 7.79. The molecule has 1 saturated carbocycles. The van der Waals surface area contributed by atoms with Crippen LogP contribution in [0.5, 0.6) is 0 Å². The maximum atomic E-state index is 13.2. The Hall–Kier alpha value is -1.85. The second-order valence-electron chi connectivity index (χ2n) is 7.31. The zero-order valence-corrected chi connectivity index (χ0v) is 17.1. The number of hydrogen-bond donors (Lipinski definition) is 0. The Morgan fingerprint density at radius 1 is 1.30 bits per heavy atom. The number of amides is 1. The van der Waals surface area contributed by atoms with Crippen molar-refractivity contribution < 1.29 is 4.79 Å². The van der Waals surface area contributed by atoms with E-state index in [0.717, 1.165) is 64.6 Å². The van der Waals surface area contributed by atoms with E-state index in [1.165, 1.54) is 0 Å². The second kappa shape index (κ2) is 8.03. The molecular weight excluding hydrogens is 378 g/mol. The first-order chi connectivity index (χ1) is 13.1. The van der Waals surface area contributed by atoms with Gasteiger partial charge in [0.1, 0.15) is 0 Å². The number of anilines is 1. The van der Waals surface area contributed by atoms with E-state index in [0.29, 0.717) is 6.54 Å². The maximum Gasteiger partial charge on any atom is 0.231 e. The Morgan fingerprint density at radius 3 is 2.78 bits per heavy atom. The maximum absolute atomic E-state index is 13.2. The predicted octanol–water partition coefficient (Wildman–Crippen LogP) is 5.67. The zero-order chi connectivity index (χ0) is 18.8. The van der Waals surface area contributed by atoms with Crippen molar-refractivity contribution in [3.8, 4) is 0 Å². The molecule has 2 heterocycles. The van der Waals surface area contributed by atoms with Gasteiger partial charge in [-0.3, -0.25) is 9.69 Å². The van der Waals surface area contributed by atoms with E-state index in [9.17, 15) is 4.79 Å². The molecule has 0 radical (unpaired) electrons. The van der Waals surface area contributed by atoms with Crippen molar-refractivity contribution >= 4 is 44.2 Å². The number of hydrogen-bond acceptors (Lipinski definition) is 3. The fourth-order valence-corrected chi connectivity index (χ4v) is 5.33. The molecule has 4 nitrogen and oxygen atoms in total. The normalized spacial score (nSPS) is 14.9. The number of benzene rings is 1. The van der Waals surface area contributed by atoms with Crippen molar-refractivity contribution in [2.75, 3.05) is 11.4 Å². The molecule has 0 spiro atoms. The number of thiazole rings is 1.